The highest BCUT2D eigenvalue weighted by atomic mass is 16.4. The van der Waals surface area contributed by atoms with Gasteiger partial charge in [0, 0.05) is 38.4 Å². The topological polar surface area (TPSA) is 75.4 Å². The maximum atomic E-state index is 12.5. The lowest BCUT2D eigenvalue weighted by Gasteiger charge is -2.39. The molecule has 0 bridgehead atoms. The standard InChI is InChI=1S/C18H27N3O3/c1-15(2)6-8-18(17(23)24)7-4-11-21(13-18)16(22)5-3-10-20-12-9-19-14-20/h6,9,12,14H,3-5,7-8,10-11,13H2,1-2H3,(H,23,24). The van der Waals surface area contributed by atoms with Crippen LogP contribution in [-0.2, 0) is 16.1 Å². The van der Waals surface area contributed by atoms with Crippen LogP contribution in [0.15, 0.2) is 30.4 Å². The average molecular weight is 333 g/mol. The van der Waals surface area contributed by atoms with E-state index in [1.165, 1.54) is 0 Å². The zero-order valence-electron chi connectivity index (χ0n) is 14.6. The second-order valence-corrected chi connectivity index (χ2v) is 6.89. The summed E-state index contributed by atoms with van der Waals surface area (Å²) in [4.78, 5) is 30.0. The van der Waals surface area contributed by atoms with Crippen molar-refractivity contribution in [3.8, 4) is 0 Å². The monoisotopic (exact) mass is 333 g/mol. The Morgan fingerprint density at radius 1 is 1.38 bits per heavy atom. The minimum absolute atomic E-state index is 0.0534. The van der Waals surface area contributed by atoms with Gasteiger partial charge in [0.2, 0.25) is 5.91 Å². The van der Waals surface area contributed by atoms with Crippen LogP contribution in [0.4, 0.5) is 0 Å². The van der Waals surface area contributed by atoms with Crippen LogP contribution in [0.25, 0.3) is 0 Å². The molecule has 1 aliphatic heterocycles. The van der Waals surface area contributed by atoms with Crippen molar-refractivity contribution in [2.24, 2.45) is 5.41 Å². The molecule has 0 aliphatic carbocycles. The van der Waals surface area contributed by atoms with Gasteiger partial charge in [0.05, 0.1) is 11.7 Å². The smallest absolute Gasteiger partial charge is 0.311 e. The third-order valence-corrected chi connectivity index (χ3v) is 4.65. The molecule has 1 aromatic heterocycles. The summed E-state index contributed by atoms with van der Waals surface area (Å²) in [6.45, 7) is 5.67. The number of likely N-dealkylation sites (tertiary alicyclic amines) is 1. The molecule has 2 rings (SSSR count). The Labute approximate surface area is 143 Å². The molecule has 1 amide bonds. The third-order valence-electron chi connectivity index (χ3n) is 4.65. The Morgan fingerprint density at radius 3 is 2.79 bits per heavy atom. The maximum Gasteiger partial charge on any atom is 0.311 e. The second kappa shape index (κ2) is 8.13. The number of aromatic nitrogens is 2. The number of hydrogen-bond donors (Lipinski definition) is 1. The summed E-state index contributed by atoms with van der Waals surface area (Å²) in [5, 5.41) is 9.72. The first-order valence-electron chi connectivity index (χ1n) is 8.53. The van der Waals surface area contributed by atoms with Gasteiger partial charge in [0.25, 0.3) is 0 Å². The quantitative estimate of drug-likeness (QED) is 0.779. The van der Waals surface area contributed by atoms with Crippen molar-refractivity contribution >= 4 is 11.9 Å². The van der Waals surface area contributed by atoms with Crippen molar-refractivity contribution in [2.45, 2.75) is 52.5 Å². The van der Waals surface area contributed by atoms with Crippen LogP contribution < -0.4 is 0 Å². The number of rotatable bonds is 7. The molecule has 1 aliphatic rings. The molecule has 24 heavy (non-hydrogen) atoms. The summed E-state index contributed by atoms with van der Waals surface area (Å²) < 4.78 is 1.94. The lowest BCUT2D eigenvalue weighted by Crippen LogP contribution is -2.49. The van der Waals surface area contributed by atoms with Gasteiger partial charge in [0.15, 0.2) is 0 Å². The minimum atomic E-state index is -0.838. The predicted octanol–water partition coefficient (Wildman–Crippen LogP) is 2.71. The highest BCUT2D eigenvalue weighted by Crippen LogP contribution is 2.35. The number of imidazole rings is 1. The van der Waals surface area contributed by atoms with Crippen LogP contribution in [0.2, 0.25) is 0 Å². The summed E-state index contributed by atoms with van der Waals surface area (Å²) in [5.74, 6) is -0.742. The van der Waals surface area contributed by atoms with Gasteiger partial charge in [0.1, 0.15) is 0 Å². The lowest BCUT2D eigenvalue weighted by molar-refractivity contribution is -0.154. The summed E-state index contributed by atoms with van der Waals surface area (Å²) in [6.07, 6.45) is 10.3. The number of carbonyl (C=O) groups is 2. The number of aliphatic carboxylic acids is 1. The molecule has 0 spiro atoms. The largest absolute Gasteiger partial charge is 0.481 e. The number of carbonyl (C=O) groups excluding carboxylic acids is 1. The Kier molecular flexibility index (Phi) is 6.17. The summed E-state index contributed by atoms with van der Waals surface area (Å²) in [7, 11) is 0. The number of carboxylic acids is 1. The first-order valence-corrected chi connectivity index (χ1v) is 8.53. The number of piperidine rings is 1. The van der Waals surface area contributed by atoms with E-state index >= 15 is 0 Å². The van der Waals surface area contributed by atoms with Crippen molar-refractivity contribution in [3.63, 3.8) is 0 Å². The van der Waals surface area contributed by atoms with Gasteiger partial charge < -0.3 is 14.6 Å². The van der Waals surface area contributed by atoms with Crippen LogP contribution in [0.3, 0.4) is 0 Å². The Morgan fingerprint density at radius 2 is 2.17 bits per heavy atom. The molecule has 0 radical (unpaired) electrons. The van der Waals surface area contributed by atoms with Crippen LogP contribution in [0, 0.1) is 5.41 Å². The molecule has 0 saturated carbocycles. The zero-order valence-corrected chi connectivity index (χ0v) is 14.6. The zero-order chi connectivity index (χ0) is 17.6. The maximum absolute atomic E-state index is 12.5. The minimum Gasteiger partial charge on any atom is -0.481 e. The van der Waals surface area contributed by atoms with Gasteiger partial charge in [-0.2, -0.15) is 0 Å². The molecule has 1 aromatic rings. The molecule has 2 heterocycles. The molecule has 1 atom stereocenters. The highest BCUT2D eigenvalue weighted by Gasteiger charge is 2.42. The van der Waals surface area contributed by atoms with Crippen molar-refractivity contribution < 1.29 is 14.7 Å². The molecular formula is C18H27N3O3. The van der Waals surface area contributed by atoms with Gasteiger partial charge >= 0.3 is 5.97 Å². The van der Waals surface area contributed by atoms with Crippen molar-refractivity contribution in [1.82, 2.24) is 14.5 Å². The first-order chi connectivity index (χ1) is 11.4. The Hall–Kier alpha value is -2.11. The SMILES string of the molecule is CC(C)=CCC1(C(=O)O)CCCN(C(=O)CCCn2ccnc2)C1. The van der Waals surface area contributed by atoms with Crippen LogP contribution in [0.5, 0.6) is 0 Å². The third kappa shape index (κ3) is 4.69. The van der Waals surface area contributed by atoms with E-state index < -0.39 is 11.4 Å². The van der Waals surface area contributed by atoms with E-state index in [2.05, 4.69) is 4.98 Å². The molecule has 6 nitrogen and oxygen atoms in total. The fourth-order valence-electron chi connectivity index (χ4n) is 3.16. The molecule has 1 unspecified atom stereocenters. The van der Waals surface area contributed by atoms with Crippen molar-refractivity contribution in [2.75, 3.05) is 13.1 Å². The fraction of sp³-hybridized carbons (Fsp3) is 0.611. The number of allylic oxidation sites excluding steroid dienone is 2. The molecular weight excluding hydrogens is 306 g/mol. The lowest BCUT2D eigenvalue weighted by atomic mass is 9.76. The molecule has 1 N–H and O–H groups in total. The van der Waals surface area contributed by atoms with Crippen molar-refractivity contribution in [1.29, 1.82) is 0 Å². The second-order valence-electron chi connectivity index (χ2n) is 6.89. The number of hydrogen-bond acceptors (Lipinski definition) is 3. The van der Waals surface area contributed by atoms with Gasteiger partial charge in [-0.3, -0.25) is 9.59 Å². The van der Waals surface area contributed by atoms with Crippen LogP contribution >= 0.6 is 0 Å². The summed E-state index contributed by atoms with van der Waals surface area (Å²) in [6, 6.07) is 0. The summed E-state index contributed by atoms with van der Waals surface area (Å²) >= 11 is 0. The van der Waals surface area contributed by atoms with E-state index in [1.807, 2.05) is 30.7 Å². The van der Waals surface area contributed by atoms with E-state index in [4.69, 9.17) is 0 Å². The Balaban J connectivity index is 1.93. The fourth-order valence-corrected chi connectivity index (χ4v) is 3.16. The van der Waals surface area contributed by atoms with Crippen LogP contribution in [0.1, 0.15) is 46.0 Å². The number of aryl methyl sites for hydroxylation is 1. The van der Waals surface area contributed by atoms with E-state index in [-0.39, 0.29) is 5.91 Å². The van der Waals surface area contributed by atoms with Crippen LogP contribution in [-0.4, -0.2) is 44.5 Å². The molecule has 0 aromatic carbocycles. The summed E-state index contributed by atoms with van der Waals surface area (Å²) in [5.41, 5.74) is 0.273. The Bertz CT molecular complexity index is 591. The van der Waals surface area contributed by atoms with Gasteiger partial charge in [-0.15, -0.1) is 0 Å². The van der Waals surface area contributed by atoms with E-state index in [9.17, 15) is 14.7 Å². The normalized spacial score (nSPS) is 20.7. The molecule has 132 valence electrons. The van der Waals surface area contributed by atoms with Gasteiger partial charge in [-0.25, -0.2) is 4.98 Å². The average Bonchev–Trinajstić information content (AvgIpc) is 3.06. The van der Waals surface area contributed by atoms with E-state index in [0.717, 1.165) is 25.0 Å². The molecule has 1 fully saturated rings. The van der Waals surface area contributed by atoms with Gasteiger partial charge in [-0.05, 0) is 39.5 Å². The predicted molar refractivity (Wildman–Crippen MR) is 91.4 cm³/mol. The van der Waals surface area contributed by atoms with Gasteiger partial charge in [-0.1, -0.05) is 11.6 Å². The number of nitrogens with zero attached hydrogens (tertiary/aromatic N) is 3. The van der Waals surface area contributed by atoms with Crippen molar-refractivity contribution in [3.05, 3.63) is 30.4 Å². The van der Waals surface area contributed by atoms with E-state index in [1.54, 1.807) is 17.4 Å². The molecule has 6 heteroatoms. The highest BCUT2D eigenvalue weighted by molar-refractivity contribution is 5.79. The van der Waals surface area contributed by atoms with E-state index in [0.29, 0.717) is 32.4 Å². The first kappa shape index (κ1) is 18.2. The molecule has 1 saturated heterocycles. The number of amides is 1. The number of carboxylic acid groups (broad SMARTS) is 1.